The van der Waals surface area contributed by atoms with Crippen LogP contribution in [0.4, 0.5) is 0 Å². The van der Waals surface area contributed by atoms with E-state index in [2.05, 4.69) is 5.32 Å². The lowest BCUT2D eigenvalue weighted by atomic mass is 9.81. The lowest BCUT2D eigenvalue weighted by Crippen LogP contribution is -2.34. The van der Waals surface area contributed by atoms with Gasteiger partial charge >= 0.3 is 0 Å². The Bertz CT molecular complexity index is 369. The molecule has 0 aliphatic carbocycles. The molecule has 2 amide bonds. The zero-order valence-electron chi connectivity index (χ0n) is 7.87. The van der Waals surface area contributed by atoms with Crippen LogP contribution in [0.3, 0.4) is 0 Å². The van der Waals surface area contributed by atoms with E-state index in [4.69, 9.17) is 4.42 Å². The van der Waals surface area contributed by atoms with Crippen LogP contribution in [0.15, 0.2) is 22.8 Å². The second-order valence-electron chi connectivity index (χ2n) is 3.47. The number of nitrogens with one attached hydrogen (secondary N) is 1. The number of hydrogen-bond donors (Lipinski definition) is 1. The van der Waals surface area contributed by atoms with Crippen LogP contribution in [-0.2, 0) is 15.0 Å². The lowest BCUT2D eigenvalue weighted by molar-refractivity contribution is -0.126. The number of amides is 2. The van der Waals surface area contributed by atoms with Crippen molar-refractivity contribution in [1.29, 1.82) is 0 Å². The summed E-state index contributed by atoms with van der Waals surface area (Å²) in [6.07, 6.45) is 2.27. The van der Waals surface area contributed by atoms with Crippen molar-refractivity contribution in [1.82, 2.24) is 5.32 Å². The normalized spacial score (nSPS) is 26.6. The van der Waals surface area contributed by atoms with Gasteiger partial charge in [-0.2, -0.15) is 0 Å². The summed E-state index contributed by atoms with van der Waals surface area (Å²) in [6.45, 7) is 1.88. The zero-order chi connectivity index (χ0) is 10.2. The predicted octanol–water partition coefficient (Wildman–Crippen LogP) is 0.974. The number of furan rings is 1. The summed E-state index contributed by atoms with van der Waals surface area (Å²) in [5.41, 5.74) is -0.777. The van der Waals surface area contributed by atoms with Gasteiger partial charge in [-0.1, -0.05) is 6.92 Å². The summed E-state index contributed by atoms with van der Waals surface area (Å²) >= 11 is 0. The fourth-order valence-corrected chi connectivity index (χ4v) is 1.85. The average molecular weight is 193 g/mol. The van der Waals surface area contributed by atoms with Gasteiger partial charge in [0.1, 0.15) is 11.2 Å². The van der Waals surface area contributed by atoms with Gasteiger partial charge in [-0.15, -0.1) is 0 Å². The van der Waals surface area contributed by atoms with Crippen molar-refractivity contribution in [3.05, 3.63) is 24.2 Å². The molecule has 2 rings (SSSR count). The molecule has 1 aromatic heterocycles. The molecule has 1 aliphatic rings. The van der Waals surface area contributed by atoms with E-state index < -0.39 is 5.41 Å². The minimum Gasteiger partial charge on any atom is -0.468 e. The maximum absolute atomic E-state index is 11.6. The Kier molecular flexibility index (Phi) is 1.91. The average Bonchev–Trinajstić information content (AvgIpc) is 2.73. The molecule has 0 spiro atoms. The summed E-state index contributed by atoms with van der Waals surface area (Å²) < 4.78 is 5.22. The monoisotopic (exact) mass is 193 g/mol. The Morgan fingerprint density at radius 2 is 2.36 bits per heavy atom. The van der Waals surface area contributed by atoms with Crippen LogP contribution < -0.4 is 5.32 Å². The van der Waals surface area contributed by atoms with Gasteiger partial charge in [0.2, 0.25) is 11.8 Å². The van der Waals surface area contributed by atoms with Crippen LogP contribution in [0.1, 0.15) is 25.5 Å². The highest BCUT2D eigenvalue weighted by molar-refractivity contribution is 6.08. The number of rotatable bonds is 2. The van der Waals surface area contributed by atoms with Gasteiger partial charge in [0.15, 0.2) is 0 Å². The van der Waals surface area contributed by atoms with Gasteiger partial charge in [0.25, 0.3) is 0 Å². The largest absolute Gasteiger partial charge is 0.468 e. The van der Waals surface area contributed by atoms with Crippen molar-refractivity contribution in [3.8, 4) is 0 Å². The predicted molar refractivity (Wildman–Crippen MR) is 48.4 cm³/mol. The quantitative estimate of drug-likeness (QED) is 0.712. The topological polar surface area (TPSA) is 59.3 Å². The molecule has 0 saturated carbocycles. The molecule has 74 valence electrons. The molecule has 1 atom stereocenters. The van der Waals surface area contributed by atoms with Crippen LogP contribution in [0.2, 0.25) is 0 Å². The number of carbonyl (C=O) groups is 2. The molecule has 2 heterocycles. The van der Waals surface area contributed by atoms with Gasteiger partial charge in [-0.05, 0) is 18.6 Å². The standard InChI is InChI=1S/C10H11NO3/c1-2-10(7-4-3-5-14-7)6-8(12)11-9(10)13/h3-5H,2,6H2,1H3,(H,11,12,13). The van der Waals surface area contributed by atoms with Crippen molar-refractivity contribution < 1.29 is 14.0 Å². The van der Waals surface area contributed by atoms with Gasteiger partial charge < -0.3 is 4.42 Å². The van der Waals surface area contributed by atoms with Crippen LogP contribution in [0.5, 0.6) is 0 Å². The molecular formula is C10H11NO3. The molecule has 1 aliphatic heterocycles. The second kappa shape index (κ2) is 2.97. The fraction of sp³-hybridized carbons (Fsp3) is 0.400. The molecule has 1 fully saturated rings. The maximum atomic E-state index is 11.6. The summed E-state index contributed by atoms with van der Waals surface area (Å²) in [5.74, 6) is 0.0940. The number of imide groups is 1. The first-order valence-electron chi connectivity index (χ1n) is 4.57. The van der Waals surface area contributed by atoms with Crippen LogP contribution in [-0.4, -0.2) is 11.8 Å². The third-order valence-electron chi connectivity index (χ3n) is 2.75. The van der Waals surface area contributed by atoms with Crippen molar-refractivity contribution >= 4 is 11.8 Å². The van der Waals surface area contributed by atoms with Gasteiger partial charge in [-0.3, -0.25) is 14.9 Å². The third kappa shape index (κ3) is 1.07. The second-order valence-corrected chi connectivity index (χ2v) is 3.47. The molecule has 1 N–H and O–H groups in total. The fourth-order valence-electron chi connectivity index (χ4n) is 1.85. The van der Waals surface area contributed by atoms with Crippen molar-refractivity contribution in [2.75, 3.05) is 0 Å². The van der Waals surface area contributed by atoms with Crippen molar-refractivity contribution in [2.24, 2.45) is 0 Å². The van der Waals surface area contributed by atoms with Crippen LogP contribution >= 0.6 is 0 Å². The highest BCUT2D eigenvalue weighted by Crippen LogP contribution is 2.35. The summed E-state index contributed by atoms with van der Waals surface area (Å²) in [5, 5.41) is 2.31. The molecular weight excluding hydrogens is 182 g/mol. The van der Waals surface area contributed by atoms with E-state index in [-0.39, 0.29) is 18.2 Å². The van der Waals surface area contributed by atoms with Crippen LogP contribution in [0.25, 0.3) is 0 Å². The molecule has 4 nitrogen and oxygen atoms in total. The zero-order valence-corrected chi connectivity index (χ0v) is 7.87. The van der Waals surface area contributed by atoms with E-state index in [1.54, 1.807) is 12.1 Å². The minimum absolute atomic E-state index is 0.190. The molecule has 1 saturated heterocycles. The minimum atomic E-state index is -0.777. The van der Waals surface area contributed by atoms with Gasteiger partial charge in [0.05, 0.1) is 6.26 Å². The lowest BCUT2D eigenvalue weighted by Gasteiger charge is -2.19. The smallest absolute Gasteiger partial charge is 0.240 e. The summed E-state index contributed by atoms with van der Waals surface area (Å²) in [6, 6.07) is 3.46. The highest BCUT2D eigenvalue weighted by Gasteiger charge is 2.48. The first kappa shape index (κ1) is 8.99. The van der Waals surface area contributed by atoms with E-state index >= 15 is 0 Å². The van der Waals surface area contributed by atoms with Crippen molar-refractivity contribution in [2.45, 2.75) is 25.2 Å². The molecule has 0 aromatic carbocycles. The van der Waals surface area contributed by atoms with E-state index in [1.807, 2.05) is 6.92 Å². The molecule has 14 heavy (non-hydrogen) atoms. The summed E-state index contributed by atoms with van der Waals surface area (Å²) in [4.78, 5) is 22.8. The Labute approximate surface area is 81.3 Å². The molecule has 4 heteroatoms. The molecule has 0 bridgehead atoms. The SMILES string of the molecule is CCC1(c2ccco2)CC(=O)NC1=O. The van der Waals surface area contributed by atoms with E-state index in [9.17, 15) is 9.59 Å². The first-order valence-corrected chi connectivity index (χ1v) is 4.57. The highest BCUT2D eigenvalue weighted by atomic mass is 16.3. The Hall–Kier alpha value is -1.58. The van der Waals surface area contributed by atoms with Crippen LogP contribution in [0, 0.1) is 0 Å². The maximum Gasteiger partial charge on any atom is 0.240 e. The Morgan fingerprint density at radius 1 is 1.57 bits per heavy atom. The first-order chi connectivity index (χ1) is 6.69. The van der Waals surface area contributed by atoms with Gasteiger partial charge in [0, 0.05) is 6.42 Å². The number of hydrogen-bond acceptors (Lipinski definition) is 3. The van der Waals surface area contributed by atoms with E-state index in [0.29, 0.717) is 12.2 Å². The molecule has 1 unspecified atom stereocenters. The summed E-state index contributed by atoms with van der Waals surface area (Å²) in [7, 11) is 0. The Balaban J connectivity index is 2.45. The number of carbonyl (C=O) groups excluding carboxylic acids is 2. The van der Waals surface area contributed by atoms with E-state index in [1.165, 1.54) is 6.26 Å². The Morgan fingerprint density at radius 3 is 2.79 bits per heavy atom. The molecule has 1 aromatic rings. The van der Waals surface area contributed by atoms with E-state index in [0.717, 1.165) is 0 Å². The third-order valence-corrected chi connectivity index (χ3v) is 2.75. The molecule has 0 radical (unpaired) electrons. The van der Waals surface area contributed by atoms with Crippen molar-refractivity contribution in [3.63, 3.8) is 0 Å². The van der Waals surface area contributed by atoms with Gasteiger partial charge in [-0.25, -0.2) is 0 Å².